The number of hydrogen-bond acceptors (Lipinski definition) is 3. The summed E-state index contributed by atoms with van der Waals surface area (Å²) in [6, 6.07) is 0. The summed E-state index contributed by atoms with van der Waals surface area (Å²) in [6.45, 7) is 8.06. The number of nitrogens with two attached hydrogens (primary N) is 1. The standard InChI is InChI=1S/C15H17ClIN3/c1-3-4-8-15(17)9-7-12(13(19-2)14(15)16)20(18)10-11-5-6-11/h3,7,11H,1-2,5-6,9-10,18H2/t15-/m0/s1. The second-order valence-electron chi connectivity index (χ2n) is 4.98. The molecule has 0 aromatic heterocycles. The molecule has 0 radical (unpaired) electrons. The van der Waals surface area contributed by atoms with Crippen LogP contribution in [0.4, 0.5) is 0 Å². The van der Waals surface area contributed by atoms with Crippen LogP contribution in [0.2, 0.25) is 0 Å². The summed E-state index contributed by atoms with van der Waals surface area (Å²) in [5.74, 6) is 12.8. The van der Waals surface area contributed by atoms with Crippen LogP contribution in [0.5, 0.6) is 0 Å². The van der Waals surface area contributed by atoms with Gasteiger partial charge in [-0.2, -0.15) is 0 Å². The second-order valence-corrected chi connectivity index (χ2v) is 7.20. The molecule has 0 unspecified atom stereocenters. The highest BCUT2D eigenvalue weighted by atomic mass is 127. The first-order valence-corrected chi connectivity index (χ1v) is 7.89. The molecule has 2 aliphatic carbocycles. The summed E-state index contributed by atoms with van der Waals surface area (Å²) in [7, 11) is 0. The topological polar surface area (TPSA) is 41.6 Å². The minimum Gasteiger partial charge on any atom is -0.309 e. The van der Waals surface area contributed by atoms with Crippen LogP contribution in [0, 0.1) is 17.8 Å². The van der Waals surface area contributed by atoms with E-state index in [2.05, 4.69) is 52.7 Å². The van der Waals surface area contributed by atoms with Gasteiger partial charge in [0.05, 0.1) is 10.7 Å². The van der Waals surface area contributed by atoms with Crippen LogP contribution in [-0.4, -0.2) is 21.7 Å². The van der Waals surface area contributed by atoms with E-state index < -0.39 is 3.42 Å². The van der Waals surface area contributed by atoms with Crippen molar-refractivity contribution in [3.63, 3.8) is 0 Å². The van der Waals surface area contributed by atoms with Gasteiger partial charge in [0.25, 0.3) is 0 Å². The van der Waals surface area contributed by atoms with E-state index in [1.54, 1.807) is 11.1 Å². The van der Waals surface area contributed by atoms with Gasteiger partial charge in [0.1, 0.15) is 9.12 Å². The third-order valence-electron chi connectivity index (χ3n) is 3.37. The lowest BCUT2D eigenvalue weighted by atomic mass is 9.96. The molecule has 0 bridgehead atoms. The fourth-order valence-electron chi connectivity index (χ4n) is 2.08. The first-order chi connectivity index (χ1) is 9.51. The molecule has 1 atom stereocenters. The van der Waals surface area contributed by atoms with Gasteiger partial charge in [-0.1, -0.05) is 58.7 Å². The molecule has 3 nitrogen and oxygen atoms in total. The maximum absolute atomic E-state index is 6.50. The molecule has 0 heterocycles. The van der Waals surface area contributed by atoms with Crippen LogP contribution < -0.4 is 5.84 Å². The molecule has 20 heavy (non-hydrogen) atoms. The Morgan fingerprint density at radius 3 is 2.90 bits per heavy atom. The molecule has 0 spiro atoms. The Morgan fingerprint density at radius 2 is 2.35 bits per heavy atom. The van der Waals surface area contributed by atoms with Crippen LogP contribution in [0.3, 0.4) is 0 Å². The molecule has 5 heteroatoms. The van der Waals surface area contributed by atoms with Gasteiger partial charge in [0.2, 0.25) is 0 Å². The summed E-state index contributed by atoms with van der Waals surface area (Å²) in [4.78, 5) is 4.07. The Labute approximate surface area is 138 Å². The number of halogens is 2. The molecule has 2 N–H and O–H groups in total. The van der Waals surface area contributed by atoms with Crippen molar-refractivity contribution in [2.75, 3.05) is 6.54 Å². The van der Waals surface area contributed by atoms with E-state index in [0.717, 1.165) is 12.2 Å². The van der Waals surface area contributed by atoms with Crippen LogP contribution in [0.1, 0.15) is 19.3 Å². The van der Waals surface area contributed by atoms with Crippen molar-refractivity contribution >= 4 is 40.9 Å². The van der Waals surface area contributed by atoms with Crippen LogP contribution in [0.25, 0.3) is 0 Å². The normalized spacial score (nSPS) is 25.4. The molecule has 0 saturated heterocycles. The summed E-state index contributed by atoms with van der Waals surface area (Å²) in [6.07, 6.45) is 6.79. The molecule has 1 saturated carbocycles. The van der Waals surface area contributed by atoms with Crippen molar-refractivity contribution in [3.05, 3.63) is 35.2 Å². The number of rotatable bonds is 4. The van der Waals surface area contributed by atoms with E-state index in [1.807, 2.05) is 6.08 Å². The van der Waals surface area contributed by atoms with E-state index in [0.29, 0.717) is 23.1 Å². The van der Waals surface area contributed by atoms with Crippen molar-refractivity contribution in [2.45, 2.75) is 22.7 Å². The van der Waals surface area contributed by atoms with Gasteiger partial charge in [-0.3, -0.25) is 4.99 Å². The Hall–Kier alpha value is -0.770. The van der Waals surface area contributed by atoms with E-state index in [1.165, 1.54) is 12.8 Å². The lowest BCUT2D eigenvalue weighted by molar-refractivity contribution is 0.345. The first kappa shape index (κ1) is 15.6. The number of hydrogen-bond donors (Lipinski definition) is 1. The molecular formula is C15H17ClIN3. The summed E-state index contributed by atoms with van der Waals surface area (Å²) >= 11 is 8.74. The largest absolute Gasteiger partial charge is 0.309 e. The third kappa shape index (κ3) is 3.27. The van der Waals surface area contributed by atoms with E-state index in [4.69, 9.17) is 17.4 Å². The van der Waals surface area contributed by atoms with E-state index in [-0.39, 0.29) is 0 Å². The van der Waals surface area contributed by atoms with Gasteiger partial charge in [-0.25, -0.2) is 5.84 Å². The fourth-order valence-corrected chi connectivity index (χ4v) is 2.99. The number of allylic oxidation sites excluding steroid dienone is 3. The molecular weight excluding hydrogens is 385 g/mol. The van der Waals surface area contributed by atoms with Crippen molar-refractivity contribution in [3.8, 4) is 11.8 Å². The molecule has 0 aromatic carbocycles. The molecule has 0 aliphatic heterocycles. The van der Waals surface area contributed by atoms with E-state index in [9.17, 15) is 0 Å². The average Bonchev–Trinajstić information content (AvgIpc) is 3.23. The van der Waals surface area contributed by atoms with Crippen LogP contribution in [-0.2, 0) is 0 Å². The zero-order valence-corrected chi connectivity index (χ0v) is 14.1. The summed E-state index contributed by atoms with van der Waals surface area (Å²) < 4.78 is -0.478. The number of alkyl halides is 1. The third-order valence-corrected chi connectivity index (χ3v) is 5.44. The van der Waals surface area contributed by atoms with Gasteiger partial charge >= 0.3 is 0 Å². The van der Waals surface area contributed by atoms with E-state index >= 15 is 0 Å². The zero-order valence-electron chi connectivity index (χ0n) is 11.2. The highest BCUT2D eigenvalue weighted by Crippen LogP contribution is 2.43. The molecule has 2 aliphatic rings. The van der Waals surface area contributed by atoms with Gasteiger partial charge < -0.3 is 5.01 Å². The lowest BCUT2D eigenvalue weighted by Gasteiger charge is -2.31. The number of hydrazine groups is 1. The minimum atomic E-state index is -0.478. The predicted molar refractivity (Wildman–Crippen MR) is 93.5 cm³/mol. The maximum Gasteiger partial charge on any atom is 0.124 e. The van der Waals surface area contributed by atoms with Crippen molar-refractivity contribution in [1.82, 2.24) is 5.01 Å². The van der Waals surface area contributed by atoms with Crippen LogP contribution >= 0.6 is 34.2 Å². The van der Waals surface area contributed by atoms with Gasteiger partial charge in [0.15, 0.2) is 0 Å². The molecule has 0 aromatic rings. The average molecular weight is 402 g/mol. The van der Waals surface area contributed by atoms with Crippen molar-refractivity contribution in [1.29, 1.82) is 0 Å². The SMILES string of the molecule is C=CC#C[C@]1(I)CC=C(N(N)CC2CC2)C(N=C)=C1Cl. The highest BCUT2D eigenvalue weighted by molar-refractivity contribution is 14.1. The second kappa shape index (κ2) is 6.33. The number of nitrogens with zero attached hydrogens (tertiary/aromatic N) is 2. The Bertz CT molecular complexity index is 551. The Morgan fingerprint density at radius 1 is 1.65 bits per heavy atom. The predicted octanol–water partition coefficient (Wildman–Crippen LogP) is 3.37. The Balaban J connectivity index is 2.29. The van der Waals surface area contributed by atoms with Crippen molar-refractivity contribution < 1.29 is 0 Å². The lowest BCUT2D eigenvalue weighted by Crippen LogP contribution is -2.36. The summed E-state index contributed by atoms with van der Waals surface area (Å²) in [5, 5.41) is 2.33. The zero-order chi connectivity index (χ0) is 14.8. The monoisotopic (exact) mass is 401 g/mol. The van der Waals surface area contributed by atoms with Gasteiger partial charge in [0, 0.05) is 6.54 Å². The Kier molecular flexibility index (Phi) is 4.95. The maximum atomic E-state index is 6.50. The molecule has 0 amide bonds. The van der Waals surface area contributed by atoms with Gasteiger partial charge in [-0.05, 0) is 38.0 Å². The molecule has 1 fully saturated rings. The van der Waals surface area contributed by atoms with Gasteiger partial charge in [-0.15, -0.1) is 0 Å². The quantitative estimate of drug-likeness (QED) is 0.196. The van der Waals surface area contributed by atoms with Crippen LogP contribution in [0.15, 0.2) is 40.1 Å². The molecule has 106 valence electrons. The molecule has 2 rings (SSSR count). The van der Waals surface area contributed by atoms with Crippen molar-refractivity contribution in [2.24, 2.45) is 16.8 Å². The smallest absolute Gasteiger partial charge is 0.124 e. The first-order valence-electron chi connectivity index (χ1n) is 6.44. The summed E-state index contributed by atoms with van der Waals surface area (Å²) in [5.41, 5.74) is 1.48. The number of aliphatic imine (C=N–C) groups is 1. The fraction of sp³-hybridized carbons (Fsp3) is 0.400. The highest BCUT2D eigenvalue weighted by Gasteiger charge is 2.36. The minimum absolute atomic E-state index is 0.478.